The Hall–Kier alpha value is -1.85. The molecule has 0 unspecified atom stereocenters. The Bertz CT molecular complexity index is 736. The van der Waals surface area contributed by atoms with Crippen LogP contribution in [0.3, 0.4) is 0 Å². The van der Waals surface area contributed by atoms with Gasteiger partial charge in [-0.15, -0.1) is 11.3 Å². The first-order valence-electron chi connectivity index (χ1n) is 8.51. The first-order valence-corrected chi connectivity index (χ1v) is 9.32. The molecule has 1 aliphatic heterocycles. The number of aryl methyl sites for hydroxylation is 1. The molecule has 2 aliphatic rings. The van der Waals surface area contributed by atoms with Crippen LogP contribution in [-0.2, 0) is 9.53 Å². The average molecular weight is 342 g/mol. The molecule has 2 heterocycles. The van der Waals surface area contributed by atoms with Gasteiger partial charge < -0.3 is 15.0 Å². The van der Waals surface area contributed by atoms with E-state index in [9.17, 15) is 4.79 Å². The first-order chi connectivity index (χ1) is 11.7. The van der Waals surface area contributed by atoms with Crippen LogP contribution in [0.1, 0.15) is 22.1 Å². The van der Waals surface area contributed by atoms with Crippen LogP contribution < -0.4 is 10.2 Å². The van der Waals surface area contributed by atoms with Crippen molar-refractivity contribution in [3.63, 3.8) is 0 Å². The van der Waals surface area contributed by atoms with Crippen LogP contribution in [0.2, 0.25) is 0 Å². The molecule has 2 fully saturated rings. The molecule has 1 aromatic heterocycles. The number of morpholine rings is 1. The minimum Gasteiger partial charge on any atom is -0.378 e. The maximum absolute atomic E-state index is 12.5. The maximum atomic E-state index is 12.5. The van der Waals surface area contributed by atoms with E-state index in [1.165, 1.54) is 9.75 Å². The third-order valence-corrected chi connectivity index (χ3v) is 5.88. The van der Waals surface area contributed by atoms with Crippen molar-refractivity contribution >= 4 is 28.6 Å². The molecule has 1 N–H and O–H groups in total. The van der Waals surface area contributed by atoms with E-state index in [0.717, 1.165) is 44.1 Å². The lowest BCUT2D eigenvalue weighted by molar-refractivity contribution is -0.117. The van der Waals surface area contributed by atoms with Gasteiger partial charge in [-0.3, -0.25) is 4.79 Å². The van der Waals surface area contributed by atoms with Crippen molar-refractivity contribution in [3.05, 3.63) is 46.2 Å². The Kier molecular flexibility index (Phi) is 4.29. The van der Waals surface area contributed by atoms with Crippen molar-refractivity contribution < 1.29 is 9.53 Å². The number of carbonyl (C=O) groups excluding carboxylic acids is 1. The van der Waals surface area contributed by atoms with Gasteiger partial charge in [0, 0.05) is 46.1 Å². The maximum Gasteiger partial charge on any atom is 0.228 e. The summed E-state index contributed by atoms with van der Waals surface area (Å²) in [4.78, 5) is 17.5. The summed E-state index contributed by atoms with van der Waals surface area (Å²) >= 11 is 1.81. The molecule has 0 bridgehead atoms. The largest absolute Gasteiger partial charge is 0.378 e. The van der Waals surface area contributed by atoms with Crippen LogP contribution in [0.15, 0.2) is 36.4 Å². The van der Waals surface area contributed by atoms with E-state index in [0.29, 0.717) is 5.92 Å². The highest BCUT2D eigenvalue weighted by molar-refractivity contribution is 7.12. The summed E-state index contributed by atoms with van der Waals surface area (Å²) in [5, 5.41) is 3.10. The van der Waals surface area contributed by atoms with Crippen LogP contribution in [0.4, 0.5) is 11.4 Å². The summed E-state index contributed by atoms with van der Waals surface area (Å²) in [6.07, 6.45) is 0.967. The number of amides is 1. The van der Waals surface area contributed by atoms with E-state index in [1.807, 2.05) is 23.5 Å². The number of carbonyl (C=O) groups is 1. The fourth-order valence-electron chi connectivity index (χ4n) is 3.29. The van der Waals surface area contributed by atoms with E-state index in [-0.39, 0.29) is 11.8 Å². The third kappa shape index (κ3) is 3.32. The quantitative estimate of drug-likeness (QED) is 0.922. The summed E-state index contributed by atoms with van der Waals surface area (Å²) in [5.41, 5.74) is 2.04. The van der Waals surface area contributed by atoms with Crippen molar-refractivity contribution in [1.29, 1.82) is 0 Å². The van der Waals surface area contributed by atoms with Gasteiger partial charge in [0.1, 0.15) is 0 Å². The van der Waals surface area contributed by atoms with Crippen molar-refractivity contribution in [3.8, 4) is 0 Å². The Morgan fingerprint density at radius 3 is 2.83 bits per heavy atom. The van der Waals surface area contributed by atoms with Crippen molar-refractivity contribution in [2.45, 2.75) is 19.3 Å². The van der Waals surface area contributed by atoms with E-state index in [4.69, 9.17) is 4.74 Å². The molecular formula is C19H22N2O2S. The molecule has 5 heteroatoms. The Labute approximate surface area is 146 Å². The summed E-state index contributed by atoms with van der Waals surface area (Å²) < 4.78 is 5.40. The third-order valence-electron chi connectivity index (χ3n) is 4.74. The minimum atomic E-state index is 0.120. The van der Waals surface area contributed by atoms with Gasteiger partial charge in [0.2, 0.25) is 5.91 Å². The fraction of sp³-hybridized carbons (Fsp3) is 0.421. The summed E-state index contributed by atoms with van der Waals surface area (Å²) in [7, 11) is 0. The zero-order valence-electron chi connectivity index (χ0n) is 13.8. The highest BCUT2D eigenvalue weighted by Gasteiger charge is 2.44. The molecule has 1 aliphatic carbocycles. The normalized spacial score (nSPS) is 23.1. The van der Waals surface area contributed by atoms with Crippen LogP contribution in [0.5, 0.6) is 0 Å². The summed E-state index contributed by atoms with van der Waals surface area (Å²) in [5.74, 6) is 0.673. The van der Waals surface area contributed by atoms with Gasteiger partial charge in [-0.25, -0.2) is 0 Å². The van der Waals surface area contributed by atoms with E-state index < -0.39 is 0 Å². The lowest BCUT2D eigenvalue weighted by atomic mass is 10.2. The van der Waals surface area contributed by atoms with E-state index >= 15 is 0 Å². The second-order valence-electron chi connectivity index (χ2n) is 6.54. The molecule has 0 spiro atoms. The molecule has 2 atom stereocenters. The molecule has 126 valence electrons. The monoisotopic (exact) mass is 342 g/mol. The average Bonchev–Trinajstić information content (AvgIpc) is 3.30. The molecule has 2 aromatic rings. The molecule has 1 aromatic carbocycles. The first kappa shape index (κ1) is 15.7. The molecular weight excluding hydrogens is 320 g/mol. The number of thiophene rings is 1. The smallest absolute Gasteiger partial charge is 0.228 e. The molecule has 0 radical (unpaired) electrons. The number of hydrogen-bond acceptors (Lipinski definition) is 4. The lowest BCUT2D eigenvalue weighted by Crippen LogP contribution is -2.36. The topological polar surface area (TPSA) is 41.6 Å². The second-order valence-corrected chi connectivity index (χ2v) is 7.86. The number of anilines is 2. The number of nitrogens with zero attached hydrogens (tertiary/aromatic N) is 1. The van der Waals surface area contributed by atoms with Gasteiger partial charge in [0.15, 0.2) is 0 Å². The predicted molar refractivity (Wildman–Crippen MR) is 98.0 cm³/mol. The highest BCUT2D eigenvalue weighted by atomic mass is 32.1. The van der Waals surface area contributed by atoms with Crippen LogP contribution >= 0.6 is 11.3 Å². The van der Waals surface area contributed by atoms with Crippen LogP contribution in [-0.4, -0.2) is 32.2 Å². The Morgan fingerprint density at radius 2 is 2.08 bits per heavy atom. The van der Waals surface area contributed by atoms with Crippen LogP contribution in [0.25, 0.3) is 0 Å². The second kappa shape index (κ2) is 6.57. The molecule has 1 saturated carbocycles. The summed E-state index contributed by atoms with van der Waals surface area (Å²) in [6.45, 7) is 5.45. The van der Waals surface area contributed by atoms with Gasteiger partial charge >= 0.3 is 0 Å². The molecule has 1 saturated heterocycles. The van der Waals surface area contributed by atoms with Crippen molar-refractivity contribution in [2.75, 3.05) is 36.5 Å². The van der Waals surface area contributed by atoms with Gasteiger partial charge in [-0.1, -0.05) is 6.07 Å². The number of benzene rings is 1. The number of hydrogen-bond donors (Lipinski definition) is 1. The standard InChI is InChI=1S/C19H22N2O2S/c1-13-5-6-18(24-13)16-12-17(16)19(22)20-14-3-2-4-15(11-14)21-7-9-23-10-8-21/h2-6,11,16-17H,7-10,12H2,1H3,(H,20,22)/t16-,17-/m1/s1. The molecule has 4 nitrogen and oxygen atoms in total. The van der Waals surface area contributed by atoms with Gasteiger partial charge in [0.05, 0.1) is 13.2 Å². The zero-order valence-corrected chi connectivity index (χ0v) is 14.6. The molecule has 4 rings (SSSR count). The Balaban J connectivity index is 1.39. The van der Waals surface area contributed by atoms with Crippen molar-refractivity contribution in [1.82, 2.24) is 0 Å². The zero-order chi connectivity index (χ0) is 16.5. The van der Waals surface area contributed by atoms with Crippen molar-refractivity contribution in [2.24, 2.45) is 5.92 Å². The molecule has 24 heavy (non-hydrogen) atoms. The summed E-state index contributed by atoms with van der Waals surface area (Å²) in [6, 6.07) is 12.4. The van der Waals surface area contributed by atoms with E-state index in [2.05, 4.69) is 41.4 Å². The van der Waals surface area contributed by atoms with Gasteiger partial charge in [0.25, 0.3) is 0 Å². The highest BCUT2D eigenvalue weighted by Crippen LogP contribution is 2.50. The van der Waals surface area contributed by atoms with Crippen LogP contribution in [0, 0.1) is 12.8 Å². The molecule has 1 amide bonds. The van der Waals surface area contributed by atoms with E-state index in [1.54, 1.807) is 0 Å². The van der Waals surface area contributed by atoms with Gasteiger partial charge in [-0.05, 0) is 43.7 Å². The predicted octanol–water partition coefficient (Wildman–Crippen LogP) is 3.64. The fourth-order valence-corrected chi connectivity index (χ4v) is 4.34. The minimum absolute atomic E-state index is 0.120. The number of ether oxygens (including phenoxy) is 1. The SMILES string of the molecule is Cc1ccc([C@@H]2C[C@H]2C(=O)Nc2cccc(N3CCOCC3)c2)s1. The number of rotatable bonds is 4. The number of nitrogens with one attached hydrogen (secondary N) is 1. The lowest BCUT2D eigenvalue weighted by Gasteiger charge is -2.29. The van der Waals surface area contributed by atoms with Gasteiger partial charge in [-0.2, -0.15) is 0 Å². The Morgan fingerprint density at radius 1 is 1.25 bits per heavy atom.